The minimum Gasteiger partial charge on any atom is -0.376 e. The molecule has 2 aliphatic rings. The van der Waals surface area contributed by atoms with E-state index in [1.807, 2.05) is 35.1 Å². The zero-order chi connectivity index (χ0) is 16.4. The summed E-state index contributed by atoms with van der Waals surface area (Å²) < 4.78 is 7.55. The smallest absolute Gasteiger partial charge is 0.251 e. The SMILES string of the molecule is O=C(NCC1CCCO1)c1ccc(-c2cnn(CC3CC3)c2)cc1. The first-order valence-electron chi connectivity index (χ1n) is 8.80. The summed E-state index contributed by atoms with van der Waals surface area (Å²) in [6, 6.07) is 7.72. The van der Waals surface area contributed by atoms with E-state index >= 15 is 0 Å². The maximum atomic E-state index is 12.2. The van der Waals surface area contributed by atoms with Gasteiger partial charge in [0.15, 0.2) is 0 Å². The van der Waals surface area contributed by atoms with Gasteiger partial charge >= 0.3 is 0 Å². The lowest BCUT2D eigenvalue weighted by molar-refractivity contribution is 0.0858. The number of amides is 1. The minimum absolute atomic E-state index is 0.0403. The third-order valence-electron chi connectivity index (χ3n) is 4.77. The van der Waals surface area contributed by atoms with E-state index in [9.17, 15) is 4.79 Å². The summed E-state index contributed by atoms with van der Waals surface area (Å²) in [6.07, 6.45) is 8.93. The molecule has 1 aliphatic heterocycles. The van der Waals surface area contributed by atoms with Gasteiger partial charge in [0.2, 0.25) is 0 Å². The second-order valence-electron chi connectivity index (χ2n) is 6.82. The van der Waals surface area contributed by atoms with Crippen molar-refractivity contribution in [2.75, 3.05) is 13.2 Å². The topological polar surface area (TPSA) is 56.1 Å². The van der Waals surface area contributed by atoms with Gasteiger partial charge in [-0.2, -0.15) is 5.10 Å². The summed E-state index contributed by atoms with van der Waals surface area (Å²) >= 11 is 0. The van der Waals surface area contributed by atoms with Crippen LogP contribution in [0, 0.1) is 5.92 Å². The molecule has 1 N–H and O–H groups in total. The first-order chi connectivity index (χ1) is 11.8. The molecule has 1 aromatic heterocycles. The molecule has 2 heterocycles. The van der Waals surface area contributed by atoms with Crippen LogP contribution in [-0.2, 0) is 11.3 Å². The van der Waals surface area contributed by atoms with Crippen molar-refractivity contribution in [2.24, 2.45) is 5.92 Å². The zero-order valence-corrected chi connectivity index (χ0v) is 13.8. The lowest BCUT2D eigenvalue weighted by Gasteiger charge is -2.10. The standard InChI is InChI=1S/C19H23N3O2/c23-19(20-11-18-2-1-9-24-18)16-7-5-15(6-8-16)17-10-21-22(13-17)12-14-3-4-14/h5-8,10,13-14,18H,1-4,9,11-12H2,(H,20,23). The predicted octanol–water partition coefficient (Wildman–Crippen LogP) is 2.87. The van der Waals surface area contributed by atoms with Crippen molar-refractivity contribution >= 4 is 5.91 Å². The van der Waals surface area contributed by atoms with E-state index in [0.717, 1.165) is 43.0 Å². The summed E-state index contributed by atoms with van der Waals surface area (Å²) in [7, 11) is 0. The molecule has 1 aromatic carbocycles. The third-order valence-corrected chi connectivity index (χ3v) is 4.77. The van der Waals surface area contributed by atoms with E-state index in [2.05, 4.69) is 16.6 Å². The summed E-state index contributed by atoms with van der Waals surface area (Å²) in [5.41, 5.74) is 2.87. The molecular weight excluding hydrogens is 302 g/mol. The Labute approximate surface area is 142 Å². The number of rotatable bonds is 6. The fourth-order valence-corrected chi connectivity index (χ4v) is 3.11. The van der Waals surface area contributed by atoms with Gasteiger partial charge in [0.05, 0.1) is 12.3 Å². The Morgan fingerprint density at radius 3 is 2.75 bits per heavy atom. The second-order valence-corrected chi connectivity index (χ2v) is 6.82. The van der Waals surface area contributed by atoms with Crippen LogP contribution in [0.3, 0.4) is 0 Å². The molecule has 1 atom stereocenters. The largest absolute Gasteiger partial charge is 0.376 e. The van der Waals surface area contributed by atoms with Crippen LogP contribution in [0.15, 0.2) is 36.7 Å². The molecule has 5 nitrogen and oxygen atoms in total. The Morgan fingerprint density at radius 2 is 2.04 bits per heavy atom. The maximum absolute atomic E-state index is 12.2. The third kappa shape index (κ3) is 3.67. The lowest BCUT2D eigenvalue weighted by atomic mass is 10.1. The van der Waals surface area contributed by atoms with Gasteiger partial charge in [-0.3, -0.25) is 9.48 Å². The molecule has 1 aliphatic carbocycles. The molecule has 0 spiro atoms. The minimum atomic E-state index is -0.0403. The van der Waals surface area contributed by atoms with Gasteiger partial charge in [0.25, 0.3) is 5.91 Å². The monoisotopic (exact) mass is 325 g/mol. The molecule has 2 fully saturated rings. The van der Waals surface area contributed by atoms with E-state index in [1.165, 1.54) is 12.8 Å². The highest BCUT2D eigenvalue weighted by Crippen LogP contribution is 2.31. The van der Waals surface area contributed by atoms with E-state index < -0.39 is 0 Å². The quantitative estimate of drug-likeness (QED) is 0.888. The number of hydrogen-bond donors (Lipinski definition) is 1. The second kappa shape index (κ2) is 6.77. The van der Waals surface area contributed by atoms with Gasteiger partial charge in [-0.1, -0.05) is 12.1 Å². The fourth-order valence-electron chi connectivity index (χ4n) is 3.11. The molecule has 1 saturated heterocycles. The Morgan fingerprint density at radius 1 is 1.21 bits per heavy atom. The van der Waals surface area contributed by atoms with Gasteiger partial charge in [0, 0.05) is 37.0 Å². The molecule has 0 bridgehead atoms. The van der Waals surface area contributed by atoms with E-state index in [0.29, 0.717) is 12.1 Å². The fraction of sp³-hybridized carbons (Fsp3) is 0.474. The van der Waals surface area contributed by atoms with Gasteiger partial charge in [-0.25, -0.2) is 0 Å². The van der Waals surface area contributed by atoms with Gasteiger partial charge in [0.1, 0.15) is 0 Å². The average molecular weight is 325 g/mol. The number of aromatic nitrogens is 2. The van der Waals surface area contributed by atoms with E-state index in [-0.39, 0.29) is 12.0 Å². The summed E-state index contributed by atoms with van der Waals surface area (Å²) in [5, 5.41) is 7.38. The normalized spacial score (nSPS) is 20.2. The van der Waals surface area contributed by atoms with Crippen LogP contribution in [-0.4, -0.2) is 34.9 Å². The Balaban J connectivity index is 1.36. The van der Waals surface area contributed by atoms with Gasteiger partial charge < -0.3 is 10.1 Å². The summed E-state index contributed by atoms with van der Waals surface area (Å²) in [4.78, 5) is 12.2. The van der Waals surface area contributed by atoms with Crippen molar-refractivity contribution < 1.29 is 9.53 Å². The number of hydrogen-bond acceptors (Lipinski definition) is 3. The van der Waals surface area contributed by atoms with Crippen molar-refractivity contribution in [1.29, 1.82) is 0 Å². The highest BCUT2D eigenvalue weighted by molar-refractivity contribution is 5.94. The van der Waals surface area contributed by atoms with Crippen molar-refractivity contribution in [1.82, 2.24) is 15.1 Å². The van der Waals surface area contributed by atoms with Crippen LogP contribution < -0.4 is 5.32 Å². The van der Waals surface area contributed by atoms with Crippen LogP contribution in [0.5, 0.6) is 0 Å². The first kappa shape index (κ1) is 15.4. The number of carbonyl (C=O) groups is 1. The zero-order valence-electron chi connectivity index (χ0n) is 13.8. The summed E-state index contributed by atoms with van der Waals surface area (Å²) in [5.74, 6) is 0.772. The van der Waals surface area contributed by atoms with Gasteiger partial charge in [-0.15, -0.1) is 0 Å². The molecule has 2 aromatic rings. The number of nitrogens with one attached hydrogen (secondary N) is 1. The van der Waals surface area contributed by atoms with Crippen LogP contribution in [0.1, 0.15) is 36.0 Å². The lowest BCUT2D eigenvalue weighted by Crippen LogP contribution is -2.31. The Hall–Kier alpha value is -2.14. The Bertz CT molecular complexity index is 698. The Kier molecular flexibility index (Phi) is 4.34. The van der Waals surface area contributed by atoms with Crippen molar-refractivity contribution in [3.8, 4) is 11.1 Å². The first-order valence-corrected chi connectivity index (χ1v) is 8.80. The van der Waals surface area contributed by atoms with Crippen molar-refractivity contribution in [3.05, 3.63) is 42.2 Å². The summed E-state index contributed by atoms with van der Waals surface area (Å²) in [6.45, 7) is 2.42. The molecule has 4 rings (SSSR count). The highest BCUT2D eigenvalue weighted by Gasteiger charge is 2.22. The molecular formula is C19H23N3O2. The van der Waals surface area contributed by atoms with Crippen LogP contribution in [0.4, 0.5) is 0 Å². The molecule has 1 unspecified atom stereocenters. The predicted molar refractivity (Wildman–Crippen MR) is 91.7 cm³/mol. The molecule has 1 saturated carbocycles. The molecule has 0 radical (unpaired) electrons. The van der Waals surface area contributed by atoms with Crippen LogP contribution >= 0.6 is 0 Å². The van der Waals surface area contributed by atoms with Crippen LogP contribution in [0.2, 0.25) is 0 Å². The maximum Gasteiger partial charge on any atom is 0.251 e. The number of nitrogens with zero attached hydrogens (tertiary/aromatic N) is 2. The molecule has 1 amide bonds. The van der Waals surface area contributed by atoms with Crippen molar-refractivity contribution in [3.63, 3.8) is 0 Å². The van der Waals surface area contributed by atoms with Crippen molar-refractivity contribution in [2.45, 2.75) is 38.3 Å². The molecule has 24 heavy (non-hydrogen) atoms. The highest BCUT2D eigenvalue weighted by atomic mass is 16.5. The van der Waals surface area contributed by atoms with E-state index in [1.54, 1.807) is 0 Å². The number of ether oxygens (including phenoxy) is 1. The van der Waals surface area contributed by atoms with E-state index in [4.69, 9.17) is 4.74 Å². The average Bonchev–Trinajstić information content (AvgIpc) is 3.09. The van der Waals surface area contributed by atoms with Gasteiger partial charge in [-0.05, 0) is 49.3 Å². The number of carbonyl (C=O) groups excluding carboxylic acids is 1. The number of benzene rings is 1. The molecule has 126 valence electrons. The molecule has 5 heteroatoms. The van der Waals surface area contributed by atoms with Crippen LogP contribution in [0.25, 0.3) is 11.1 Å².